The predicted molar refractivity (Wildman–Crippen MR) is 78.5 cm³/mol. The van der Waals surface area contributed by atoms with Crippen molar-refractivity contribution >= 4 is 40.3 Å². The lowest BCUT2D eigenvalue weighted by Crippen LogP contribution is -2.13. The zero-order valence-corrected chi connectivity index (χ0v) is 11.9. The van der Waals surface area contributed by atoms with Crippen LogP contribution < -0.4 is 11.1 Å². The Hall–Kier alpha value is -1.66. The molecule has 0 radical (unpaired) electrons. The lowest BCUT2D eigenvalue weighted by Gasteiger charge is -2.09. The molecule has 0 saturated heterocycles. The van der Waals surface area contributed by atoms with E-state index in [1.165, 1.54) is 12.1 Å². The van der Waals surface area contributed by atoms with Crippen molar-refractivity contribution in [1.29, 1.82) is 0 Å². The minimum absolute atomic E-state index is 0.0424. The fourth-order valence-electron chi connectivity index (χ4n) is 1.81. The van der Waals surface area contributed by atoms with Gasteiger partial charge in [0.1, 0.15) is 16.6 Å². The predicted octanol–water partition coefficient (Wildman–Crippen LogP) is 2.90. The van der Waals surface area contributed by atoms with E-state index in [-0.39, 0.29) is 10.0 Å². The number of nitrogens with two attached hydrogens (primary N) is 1. The van der Waals surface area contributed by atoms with Gasteiger partial charge in [0.2, 0.25) is 0 Å². The highest BCUT2D eigenvalue weighted by Crippen LogP contribution is 2.26. The van der Waals surface area contributed by atoms with Crippen LogP contribution in [0.1, 0.15) is 11.3 Å². The number of anilines is 2. The summed E-state index contributed by atoms with van der Waals surface area (Å²) < 4.78 is 14.7. The van der Waals surface area contributed by atoms with Gasteiger partial charge in [0.05, 0.1) is 16.3 Å². The maximum absolute atomic E-state index is 13.1. The van der Waals surface area contributed by atoms with Crippen molar-refractivity contribution < 1.29 is 4.39 Å². The van der Waals surface area contributed by atoms with Gasteiger partial charge in [-0.3, -0.25) is 4.68 Å². The molecule has 0 amide bonds. The van der Waals surface area contributed by atoms with Crippen molar-refractivity contribution in [2.24, 2.45) is 12.8 Å². The van der Waals surface area contributed by atoms with Gasteiger partial charge in [-0.1, -0.05) is 23.8 Å². The minimum atomic E-state index is -0.469. The van der Waals surface area contributed by atoms with E-state index in [0.29, 0.717) is 17.1 Å². The fourth-order valence-corrected chi connectivity index (χ4v) is 2.23. The van der Waals surface area contributed by atoms with E-state index >= 15 is 0 Å². The molecule has 0 aliphatic carbocycles. The standard InChI is InChI=1S/C12H12ClFN4S/c1-6-10(11(15)19)12(18(2)17-6)16-7-3-4-9(14)8(13)5-7/h3-5,16H,1-2H3,(H2,15,19). The second-order valence-electron chi connectivity index (χ2n) is 4.05. The maximum Gasteiger partial charge on any atom is 0.141 e. The molecule has 7 heteroatoms. The van der Waals surface area contributed by atoms with Gasteiger partial charge < -0.3 is 11.1 Å². The van der Waals surface area contributed by atoms with E-state index in [1.54, 1.807) is 17.8 Å². The van der Waals surface area contributed by atoms with Crippen LogP contribution in [0, 0.1) is 12.7 Å². The van der Waals surface area contributed by atoms with E-state index in [2.05, 4.69) is 10.4 Å². The monoisotopic (exact) mass is 298 g/mol. The van der Waals surface area contributed by atoms with Crippen LogP contribution in [-0.4, -0.2) is 14.8 Å². The number of aromatic nitrogens is 2. The van der Waals surface area contributed by atoms with Crippen LogP contribution in [-0.2, 0) is 7.05 Å². The minimum Gasteiger partial charge on any atom is -0.389 e. The SMILES string of the molecule is Cc1nn(C)c(Nc2ccc(F)c(Cl)c2)c1C(N)=S. The van der Waals surface area contributed by atoms with E-state index in [4.69, 9.17) is 29.6 Å². The van der Waals surface area contributed by atoms with E-state index in [0.717, 1.165) is 5.69 Å². The Morgan fingerprint density at radius 1 is 1.53 bits per heavy atom. The Morgan fingerprint density at radius 2 is 2.21 bits per heavy atom. The van der Waals surface area contributed by atoms with Crippen LogP contribution in [0.2, 0.25) is 5.02 Å². The molecular weight excluding hydrogens is 287 g/mol. The van der Waals surface area contributed by atoms with Crippen molar-refractivity contribution in [3.8, 4) is 0 Å². The number of nitrogens with one attached hydrogen (secondary N) is 1. The molecule has 0 fully saturated rings. The highest BCUT2D eigenvalue weighted by molar-refractivity contribution is 7.80. The molecule has 2 aromatic rings. The number of hydrogen-bond acceptors (Lipinski definition) is 3. The average Bonchev–Trinajstić information content (AvgIpc) is 2.59. The topological polar surface area (TPSA) is 55.9 Å². The van der Waals surface area contributed by atoms with Crippen molar-refractivity contribution in [3.05, 3.63) is 40.3 Å². The number of rotatable bonds is 3. The van der Waals surface area contributed by atoms with Crippen molar-refractivity contribution in [2.45, 2.75) is 6.92 Å². The summed E-state index contributed by atoms with van der Waals surface area (Å²) in [6.07, 6.45) is 0. The molecule has 3 N–H and O–H groups in total. The van der Waals surface area contributed by atoms with Crippen molar-refractivity contribution in [2.75, 3.05) is 5.32 Å². The quantitative estimate of drug-likeness (QED) is 0.856. The van der Waals surface area contributed by atoms with Crippen LogP contribution in [0.15, 0.2) is 18.2 Å². The molecule has 0 aliphatic rings. The number of thiocarbonyl (C=S) groups is 1. The highest BCUT2D eigenvalue weighted by atomic mass is 35.5. The molecule has 2 rings (SSSR count). The van der Waals surface area contributed by atoms with Gasteiger partial charge in [0.15, 0.2) is 0 Å². The van der Waals surface area contributed by atoms with Crippen LogP contribution in [0.5, 0.6) is 0 Å². The third kappa shape index (κ3) is 2.69. The lowest BCUT2D eigenvalue weighted by molar-refractivity contribution is 0.628. The van der Waals surface area contributed by atoms with Gasteiger partial charge in [-0.15, -0.1) is 0 Å². The number of benzene rings is 1. The first kappa shape index (κ1) is 13.8. The van der Waals surface area contributed by atoms with Gasteiger partial charge >= 0.3 is 0 Å². The van der Waals surface area contributed by atoms with E-state index in [9.17, 15) is 4.39 Å². The average molecular weight is 299 g/mol. The summed E-state index contributed by atoms with van der Waals surface area (Å²) in [5.41, 5.74) is 7.71. The Kier molecular flexibility index (Phi) is 3.73. The Bertz CT molecular complexity index is 653. The Morgan fingerprint density at radius 3 is 2.79 bits per heavy atom. The van der Waals surface area contributed by atoms with Crippen LogP contribution in [0.25, 0.3) is 0 Å². The molecule has 0 unspecified atom stereocenters. The molecule has 1 aromatic heterocycles. The van der Waals surface area contributed by atoms with Gasteiger partial charge in [0, 0.05) is 12.7 Å². The molecule has 1 heterocycles. The number of hydrogen-bond donors (Lipinski definition) is 2. The molecule has 0 aliphatic heterocycles. The molecule has 0 bridgehead atoms. The summed E-state index contributed by atoms with van der Waals surface area (Å²) in [5.74, 6) is 0.177. The fraction of sp³-hybridized carbons (Fsp3) is 0.167. The van der Waals surface area contributed by atoms with Gasteiger partial charge in [-0.05, 0) is 25.1 Å². The Labute approximate surface area is 120 Å². The summed E-state index contributed by atoms with van der Waals surface area (Å²) >= 11 is 10.8. The van der Waals surface area contributed by atoms with Crippen LogP contribution in [0.4, 0.5) is 15.9 Å². The van der Waals surface area contributed by atoms with Crippen molar-refractivity contribution in [1.82, 2.24) is 9.78 Å². The first-order chi connectivity index (χ1) is 8.90. The highest BCUT2D eigenvalue weighted by Gasteiger charge is 2.16. The van der Waals surface area contributed by atoms with Gasteiger partial charge in [-0.2, -0.15) is 5.10 Å². The zero-order valence-electron chi connectivity index (χ0n) is 10.4. The third-order valence-electron chi connectivity index (χ3n) is 2.65. The normalized spacial score (nSPS) is 10.5. The molecule has 1 aromatic carbocycles. The van der Waals surface area contributed by atoms with Gasteiger partial charge in [-0.25, -0.2) is 4.39 Å². The first-order valence-corrected chi connectivity index (χ1v) is 6.24. The van der Waals surface area contributed by atoms with Crippen LogP contribution in [0.3, 0.4) is 0 Å². The first-order valence-electron chi connectivity index (χ1n) is 5.45. The second-order valence-corrected chi connectivity index (χ2v) is 4.90. The molecule has 0 atom stereocenters. The smallest absolute Gasteiger partial charge is 0.141 e. The molecule has 0 saturated carbocycles. The Balaban J connectivity index is 2.43. The molecule has 0 spiro atoms. The number of aryl methyl sites for hydroxylation is 2. The lowest BCUT2D eigenvalue weighted by atomic mass is 10.2. The second kappa shape index (κ2) is 5.14. The summed E-state index contributed by atoms with van der Waals surface area (Å²) in [6, 6.07) is 4.35. The summed E-state index contributed by atoms with van der Waals surface area (Å²) in [7, 11) is 1.77. The van der Waals surface area contributed by atoms with Crippen molar-refractivity contribution in [3.63, 3.8) is 0 Å². The van der Waals surface area contributed by atoms with Gasteiger partial charge in [0.25, 0.3) is 0 Å². The summed E-state index contributed by atoms with van der Waals surface area (Å²) in [6.45, 7) is 1.82. The molecular formula is C12H12ClFN4S. The number of halogens is 2. The largest absolute Gasteiger partial charge is 0.389 e. The maximum atomic E-state index is 13.1. The van der Waals surface area contributed by atoms with E-state index < -0.39 is 5.82 Å². The number of nitrogens with zero attached hydrogens (tertiary/aromatic N) is 2. The van der Waals surface area contributed by atoms with E-state index in [1.807, 2.05) is 6.92 Å². The third-order valence-corrected chi connectivity index (χ3v) is 3.14. The molecule has 4 nitrogen and oxygen atoms in total. The molecule has 19 heavy (non-hydrogen) atoms. The molecule has 100 valence electrons. The summed E-state index contributed by atoms with van der Waals surface area (Å²) in [5, 5.41) is 7.38. The van der Waals surface area contributed by atoms with Crippen LogP contribution >= 0.6 is 23.8 Å². The zero-order chi connectivity index (χ0) is 14.2. The summed E-state index contributed by atoms with van der Waals surface area (Å²) in [4.78, 5) is 0.251.